The zero-order valence-corrected chi connectivity index (χ0v) is 24.4. The van der Waals surface area contributed by atoms with E-state index in [1.807, 2.05) is 0 Å². The molecule has 0 aromatic heterocycles. The van der Waals surface area contributed by atoms with Crippen molar-refractivity contribution in [3.8, 4) is 0 Å². The summed E-state index contributed by atoms with van der Waals surface area (Å²) in [5.74, 6) is -3.47. The van der Waals surface area contributed by atoms with Crippen LogP contribution in [0, 0.1) is 5.41 Å². The van der Waals surface area contributed by atoms with Gasteiger partial charge in [-0.2, -0.15) is 4.99 Å². The van der Waals surface area contributed by atoms with Crippen LogP contribution in [0.15, 0.2) is 53.5 Å². The number of nitrogens with two attached hydrogens (primary N) is 2. The molecule has 0 unspecified atom stereocenters. The lowest BCUT2D eigenvalue weighted by Crippen LogP contribution is -2.60. The monoisotopic (exact) mass is 622 g/mol. The van der Waals surface area contributed by atoms with Crippen molar-refractivity contribution in [2.45, 2.75) is 18.9 Å². The molecule has 2 aromatic carbocycles. The number of carboxylic acid groups (broad SMARTS) is 1. The number of carbonyl (C=O) groups excluding carboxylic acids is 5. The summed E-state index contributed by atoms with van der Waals surface area (Å²) in [5, 5.41) is 21.9. The number of methoxy groups -OCH3 is 1. The van der Waals surface area contributed by atoms with Crippen LogP contribution in [-0.2, 0) is 19.1 Å². The predicted octanol–water partition coefficient (Wildman–Crippen LogP) is -0.494. The highest BCUT2D eigenvalue weighted by molar-refractivity contribution is 6.04. The largest absolute Gasteiger partial charge is 0.480 e. The predicted molar refractivity (Wildman–Crippen MR) is 161 cm³/mol. The highest BCUT2D eigenvalue weighted by Gasteiger charge is 2.37. The second-order valence-corrected chi connectivity index (χ2v) is 9.87. The molecule has 0 spiro atoms. The van der Waals surface area contributed by atoms with Gasteiger partial charge in [-0.05, 0) is 37.1 Å². The maximum atomic E-state index is 13.2. The van der Waals surface area contributed by atoms with Crippen LogP contribution in [0.5, 0.6) is 0 Å². The smallest absolute Gasteiger partial charge is 0.435 e. The number of carbonyl (C=O) groups is 6. The van der Waals surface area contributed by atoms with Crippen molar-refractivity contribution in [1.29, 1.82) is 5.41 Å². The Kier molecular flexibility index (Phi) is 11.7. The number of aliphatic carboxylic acids is 1. The Morgan fingerprint density at radius 1 is 0.933 bits per heavy atom. The molecule has 1 aliphatic heterocycles. The number of nitrogen functional groups attached to an aromatic ring is 1. The van der Waals surface area contributed by atoms with Gasteiger partial charge in [-0.3, -0.25) is 29.4 Å². The quantitative estimate of drug-likeness (QED) is 0.101. The molecule has 16 heteroatoms. The minimum atomic E-state index is -1.19. The van der Waals surface area contributed by atoms with Gasteiger partial charge in [-0.25, -0.2) is 4.79 Å². The topological polar surface area (TPSA) is 251 Å². The Balaban J connectivity index is 1.60. The fourth-order valence-electron chi connectivity index (χ4n) is 4.50. The van der Waals surface area contributed by atoms with E-state index in [0.717, 1.165) is 12.0 Å². The molecule has 0 aliphatic carbocycles. The number of benzene rings is 2. The first-order chi connectivity index (χ1) is 21.4. The number of amides is 5. The number of amidine groups is 2. The standard InChI is InChI=1S/C29H34N8O8/c1-45-29(44)35-25(32)18-6-10-20(11-7-18)27(42)34-15-22(38)37-14-13-36(16-23(39)40)28(43)21(37)3-2-12-33-26(41)19-8-4-17(5-9-19)24(30)31/h4-11,21H,2-3,12-16H2,1H3,(H3,30,31)(H,33,41)(H,34,42)(H,39,40)(H2,32,35,44)/t21-/m0/s1. The van der Waals surface area contributed by atoms with E-state index in [1.165, 1.54) is 41.3 Å². The molecule has 8 N–H and O–H groups in total. The molecule has 1 fully saturated rings. The van der Waals surface area contributed by atoms with Gasteiger partial charge >= 0.3 is 12.1 Å². The fourth-order valence-corrected chi connectivity index (χ4v) is 4.50. The third kappa shape index (κ3) is 9.34. The van der Waals surface area contributed by atoms with Crippen LogP contribution in [-0.4, -0.2) is 108 Å². The van der Waals surface area contributed by atoms with Crippen LogP contribution in [0.2, 0.25) is 0 Å². The Morgan fingerprint density at radius 2 is 1.49 bits per heavy atom. The van der Waals surface area contributed by atoms with Gasteiger partial charge in [0, 0.05) is 41.9 Å². The van der Waals surface area contributed by atoms with Crippen LogP contribution in [0.4, 0.5) is 4.79 Å². The molecule has 1 heterocycles. The van der Waals surface area contributed by atoms with Gasteiger partial charge in [0.2, 0.25) is 11.8 Å². The molecule has 5 amide bonds. The van der Waals surface area contributed by atoms with E-state index in [4.69, 9.17) is 16.9 Å². The lowest BCUT2D eigenvalue weighted by Gasteiger charge is -2.40. The van der Waals surface area contributed by atoms with Crippen molar-refractivity contribution in [3.05, 3.63) is 70.8 Å². The van der Waals surface area contributed by atoms with Gasteiger partial charge in [0.05, 0.1) is 13.7 Å². The number of hydrogen-bond donors (Lipinski definition) is 6. The van der Waals surface area contributed by atoms with E-state index in [0.29, 0.717) is 23.1 Å². The van der Waals surface area contributed by atoms with Gasteiger partial charge in [-0.1, -0.05) is 24.3 Å². The molecule has 16 nitrogen and oxygen atoms in total. The van der Waals surface area contributed by atoms with Gasteiger partial charge in [0.15, 0.2) is 0 Å². The van der Waals surface area contributed by atoms with Crippen LogP contribution in [0.1, 0.15) is 44.7 Å². The number of carboxylic acids is 1. The summed E-state index contributed by atoms with van der Waals surface area (Å²) in [4.78, 5) is 80.0. The van der Waals surface area contributed by atoms with Gasteiger partial charge in [0.25, 0.3) is 11.8 Å². The van der Waals surface area contributed by atoms with Crippen molar-refractivity contribution in [2.24, 2.45) is 16.5 Å². The molecule has 238 valence electrons. The Morgan fingerprint density at radius 3 is 2.04 bits per heavy atom. The first-order valence-corrected chi connectivity index (χ1v) is 13.7. The SMILES string of the molecule is COC(=O)N=C(N)c1ccc(C(=O)NCC(=O)N2CCN(CC(=O)O)C(=O)[C@@H]2CCCNC(=O)c2ccc(C(=N)N)cc2)cc1. The molecule has 45 heavy (non-hydrogen) atoms. The average molecular weight is 623 g/mol. The first kappa shape index (κ1) is 33.7. The molecule has 1 aliphatic rings. The molecule has 1 saturated heterocycles. The second kappa shape index (κ2) is 15.6. The minimum Gasteiger partial charge on any atom is -0.480 e. The van der Waals surface area contributed by atoms with Gasteiger partial charge < -0.3 is 41.7 Å². The summed E-state index contributed by atoms with van der Waals surface area (Å²) in [6, 6.07) is 10.9. The number of nitrogens with zero attached hydrogens (tertiary/aromatic N) is 3. The Labute approximate surface area is 257 Å². The van der Waals surface area contributed by atoms with E-state index in [9.17, 15) is 33.9 Å². The molecule has 0 bridgehead atoms. The summed E-state index contributed by atoms with van der Waals surface area (Å²) in [6.07, 6.45) is -0.455. The normalized spacial score (nSPS) is 14.8. The van der Waals surface area contributed by atoms with Crippen molar-refractivity contribution >= 4 is 47.4 Å². The summed E-state index contributed by atoms with van der Waals surface area (Å²) in [5.41, 5.74) is 12.6. The van der Waals surface area contributed by atoms with E-state index in [2.05, 4.69) is 20.4 Å². The third-order valence-corrected chi connectivity index (χ3v) is 6.86. The van der Waals surface area contributed by atoms with Gasteiger partial charge in [-0.15, -0.1) is 0 Å². The van der Waals surface area contributed by atoms with E-state index >= 15 is 0 Å². The lowest BCUT2D eigenvalue weighted by atomic mass is 10.0. The maximum absolute atomic E-state index is 13.2. The molecule has 0 radical (unpaired) electrons. The third-order valence-electron chi connectivity index (χ3n) is 6.86. The van der Waals surface area contributed by atoms with Crippen molar-refractivity contribution < 1.29 is 38.6 Å². The highest BCUT2D eigenvalue weighted by atomic mass is 16.5. The Bertz CT molecular complexity index is 1490. The number of rotatable bonds is 12. The highest BCUT2D eigenvalue weighted by Crippen LogP contribution is 2.17. The first-order valence-electron chi connectivity index (χ1n) is 13.7. The molecular formula is C29H34N8O8. The van der Waals surface area contributed by atoms with Crippen molar-refractivity contribution in [1.82, 2.24) is 20.4 Å². The van der Waals surface area contributed by atoms with Crippen LogP contribution in [0.3, 0.4) is 0 Å². The Hall–Kier alpha value is -5.80. The number of nitrogens with one attached hydrogen (secondary N) is 3. The average Bonchev–Trinajstić information content (AvgIpc) is 3.02. The van der Waals surface area contributed by atoms with Crippen LogP contribution in [0.25, 0.3) is 0 Å². The van der Waals surface area contributed by atoms with E-state index in [-0.39, 0.29) is 49.2 Å². The molecule has 1 atom stereocenters. The van der Waals surface area contributed by atoms with Crippen LogP contribution >= 0.6 is 0 Å². The number of piperazine rings is 1. The van der Waals surface area contributed by atoms with Crippen molar-refractivity contribution in [2.75, 3.05) is 39.8 Å². The summed E-state index contributed by atoms with van der Waals surface area (Å²) < 4.78 is 4.43. The van der Waals surface area contributed by atoms with E-state index in [1.54, 1.807) is 12.1 Å². The molecular weight excluding hydrogens is 588 g/mol. The second-order valence-electron chi connectivity index (χ2n) is 9.87. The molecule has 0 saturated carbocycles. The summed E-state index contributed by atoms with van der Waals surface area (Å²) >= 11 is 0. The lowest BCUT2D eigenvalue weighted by molar-refractivity contribution is -0.155. The number of ether oxygens (including phenoxy) is 1. The van der Waals surface area contributed by atoms with E-state index < -0.39 is 48.9 Å². The zero-order valence-electron chi connectivity index (χ0n) is 24.4. The van der Waals surface area contributed by atoms with Crippen molar-refractivity contribution in [3.63, 3.8) is 0 Å². The molecule has 3 rings (SSSR count). The summed E-state index contributed by atoms with van der Waals surface area (Å²) in [6.45, 7) is -0.723. The van der Waals surface area contributed by atoms with Crippen LogP contribution < -0.4 is 22.1 Å². The van der Waals surface area contributed by atoms with Gasteiger partial charge in [0.1, 0.15) is 24.3 Å². The number of hydrogen-bond acceptors (Lipinski definition) is 8. The minimum absolute atomic E-state index is 0.00429. The zero-order chi connectivity index (χ0) is 33.1. The summed E-state index contributed by atoms with van der Waals surface area (Å²) in [7, 11) is 1.15. The molecule has 2 aromatic rings. The number of aliphatic imine (C=N–C) groups is 1. The maximum Gasteiger partial charge on any atom is 0.435 e. The fraction of sp³-hybridized carbons (Fsp3) is 0.310.